The zero-order chi connectivity index (χ0) is 23.3. The van der Waals surface area contributed by atoms with Gasteiger partial charge in [0.05, 0.1) is 0 Å². The lowest BCUT2D eigenvalue weighted by atomic mass is 9.99. The summed E-state index contributed by atoms with van der Waals surface area (Å²) in [4.78, 5) is 15.1. The number of carbonyl (C=O) groups excluding carboxylic acids is 1. The summed E-state index contributed by atoms with van der Waals surface area (Å²) in [6.07, 6.45) is 0. The number of carbonyl (C=O) groups is 1. The highest BCUT2D eigenvalue weighted by Crippen LogP contribution is 2.28. The molecule has 2 nitrogen and oxygen atoms in total. The van der Waals surface area contributed by atoms with Crippen molar-refractivity contribution in [3.8, 4) is 22.3 Å². The minimum Gasteiger partial charge on any atom is -0.345 e. The fourth-order valence-electron chi connectivity index (χ4n) is 4.10. The van der Waals surface area contributed by atoms with Gasteiger partial charge in [0, 0.05) is 29.5 Å². The van der Waals surface area contributed by atoms with Crippen LogP contribution in [-0.2, 0) is 0 Å². The molecule has 34 heavy (non-hydrogen) atoms. The van der Waals surface area contributed by atoms with E-state index < -0.39 is 0 Å². The Labute approximate surface area is 200 Å². The van der Waals surface area contributed by atoms with Gasteiger partial charge in [0.25, 0.3) is 0 Å². The summed E-state index contributed by atoms with van der Waals surface area (Å²) >= 11 is 0. The van der Waals surface area contributed by atoms with Gasteiger partial charge in [-0.2, -0.15) is 0 Å². The van der Waals surface area contributed by atoms with Crippen molar-refractivity contribution in [2.75, 3.05) is 11.9 Å². The van der Waals surface area contributed by atoms with E-state index in [-0.39, 0.29) is 5.78 Å². The maximum Gasteiger partial charge on any atom is 0.193 e. The summed E-state index contributed by atoms with van der Waals surface area (Å²) in [5.74, 6) is 0.0287. The molecule has 0 aromatic heterocycles. The number of nitrogens with zero attached hydrogens (tertiary/aromatic N) is 1. The molecule has 5 aromatic carbocycles. The highest BCUT2D eigenvalue weighted by atomic mass is 16.1. The maximum atomic E-state index is 13.0. The third-order valence-corrected chi connectivity index (χ3v) is 6.13. The summed E-state index contributed by atoms with van der Waals surface area (Å²) < 4.78 is 0. The van der Waals surface area contributed by atoms with Crippen LogP contribution in [0.3, 0.4) is 0 Å². The summed E-state index contributed by atoms with van der Waals surface area (Å²) in [6.45, 7) is 0. The van der Waals surface area contributed by atoms with Crippen LogP contribution in [0.2, 0.25) is 0 Å². The van der Waals surface area contributed by atoms with Crippen LogP contribution in [-0.4, -0.2) is 12.8 Å². The number of hydrogen-bond acceptors (Lipinski definition) is 2. The van der Waals surface area contributed by atoms with Crippen molar-refractivity contribution in [2.24, 2.45) is 0 Å². The average molecular weight is 440 g/mol. The Balaban J connectivity index is 1.30. The Kier molecular flexibility index (Phi) is 6.05. The zero-order valence-electron chi connectivity index (χ0n) is 19.1. The Morgan fingerprint density at radius 1 is 0.441 bits per heavy atom. The van der Waals surface area contributed by atoms with Crippen molar-refractivity contribution in [1.29, 1.82) is 0 Å². The second kappa shape index (κ2) is 9.60. The van der Waals surface area contributed by atoms with Crippen molar-refractivity contribution < 1.29 is 4.79 Å². The molecule has 0 fully saturated rings. The monoisotopic (exact) mass is 439 g/mol. The third-order valence-electron chi connectivity index (χ3n) is 6.13. The molecule has 0 atom stereocenters. The van der Waals surface area contributed by atoms with Gasteiger partial charge in [-0.05, 0) is 58.7 Å². The third kappa shape index (κ3) is 4.53. The minimum atomic E-state index is 0.0287. The number of ketones is 1. The molecular weight excluding hydrogens is 414 g/mol. The molecule has 0 saturated heterocycles. The molecule has 0 heterocycles. The highest BCUT2D eigenvalue weighted by Gasteiger charge is 2.11. The highest BCUT2D eigenvalue weighted by molar-refractivity contribution is 6.09. The first-order chi connectivity index (χ1) is 16.7. The van der Waals surface area contributed by atoms with Crippen LogP contribution in [0.25, 0.3) is 22.3 Å². The molecule has 0 unspecified atom stereocenters. The second-order valence-electron chi connectivity index (χ2n) is 8.29. The summed E-state index contributed by atoms with van der Waals surface area (Å²) in [5.41, 5.74) is 8.14. The Hall–Kier alpha value is -4.43. The van der Waals surface area contributed by atoms with E-state index in [1.165, 1.54) is 11.1 Å². The normalized spacial score (nSPS) is 10.6. The molecule has 5 aromatic rings. The zero-order valence-corrected chi connectivity index (χ0v) is 19.1. The lowest BCUT2D eigenvalue weighted by molar-refractivity contribution is 0.103. The Bertz CT molecular complexity index is 1370. The van der Waals surface area contributed by atoms with Crippen molar-refractivity contribution >= 4 is 17.2 Å². The van der Waals surface area contributed by atoms with Gasteiger partial charge in [0.15, 0.2) is 5.78 Å². The lowest BCUT2D eigenvalue weighted by Gasteiger charge is -2.20. The Morgan fingerprint density at radius 3 is 1.21 bits per heavy atom. The van der Waals surface area contributed by atoms with E-state index in [1.54, 1.807) is 0 Å². The fraction of sp³-hybridized carbons (Fsp3) is 0.0312. The maximum absolute atomic E-state index is 13.0. The predicted molar refractivity (Wildman–Crippen MR) is 142 cm³/mol. The van der Waals surface area contributed by atoms with Crippen molar-refractivity contribution in [3.05, 3.63) is 145 Å². The van der Waals surface area contributed by atoms with Gasteiger partial charge in [0.2, 0.25) is 0 Å². The molecule has 0 N–H and O–H groups in total. The van der Waals surface area contributed by atoms with Gasteiger partial charge in [-0.3, -0.25) is 4.79 Å². The fourth-order valence-corrected chi connectivity index (χ4v) is 4.10. The molecule has 0 aliphatic heterocycles. The number of anilines is 2. The predicted octanol–water partition coefficient (Wildman–Crippen LogP) is 8.02. The van der Waals surface area contributed by atoms with Crippen LogP contribution in [0.1, 0.15) is 15.9 Å². The first-order valence-electron chi connectivity index (χ1n) is 11.4. The second-order valence-corrected chi connectivity index (χ2v) is 8.29. The van der Waals surface area contributed by atoms with Crippen LogP contribution in [0.5, 0.6) is 0 Å². The van der Waals surface area contributed by atoms with E-state index >= 15 is 0 Å². The van der Waals surface area contributed by atoms with Gasteiger partial charge in [-0.1, -0.05) is 97.1 Å². The van der Waals surface area contributed by atoms with E-state index in [1.807, 2.05) is 79.8 Å². The largest absolute Gasteiger partial charge is 0.345 e. The molecule has 164 valence electrons. The van der Waals surface area contributed by atoms with E-state index in [9.17, 15) is 4.79 Å². The van der Waals surface area contributed by atoms with Crippen LogP contribution < -0.4 is 4.90 Å². The summed E-state index contributed by atoms with van der Waals surface area (Å²) in [7, 11) is 2.04. The molecule has 0 saturated carbocycles. The summed E-state index contributed by atoms with van der Waals surface area (Å²) in [6, 6.07) is 44.7. The molecule has 0 spiro atoms. The molecule has 0 amide bonds. The molecule has 0 bridgehead atoms. The van der Waals surface area contributed by atoms with Gasteiger partial charge >= 0.3 is 0 Å². The van der Waals surface area contributed by atoms with Crippen molar-refractivity contribution in [2.45, 2.75) is 0 Å². The van der Waals surface area contributed by atoms with Gasteiger partial charge in [-0.25, -0.2) is 0 Å². The molecule has 0 radical (unpaired) electrons. The molecule has 0 aliphatic rings. The number of rotatable bonds is 6. The van der Waals surface area contributed by atoms with Crippen LogP contribution in [0.4, 0.5) is 11.4 Å². The van der Waals surface area contributed by atoms with Gasteiger partial charge < -0.3 is 4.90 Å². The van der Waals surface area contributed by atoms with Crippen molar-refractivity contribution in [3.63, 3.8) is 0 Å². The summed E-state index contributed by atoms with van der Waals surface area (Å²) in [5, 5.41) is 0. The Morgan fingerprint density at radius 2 is 0.765 bits per heavy atom. The standard InChI is InChI=1S/C32H25NO/c1-33(30-20-16-27(17-21-30)25-10-6-3-7-11-25)31-22-18-29(19-23-31)32(34)28-14-12-26(13-15-28)24-8-4-2-5-9-24/h2-23H,1H3. The molecule has 0 aliphatic carbocycles. The van der Waals surface area contributed by atoms with Crippen LogP contribution in [0, 0.1) is 0 Å². The molecular formula is C32H25NO. The smallest absolute Gasteiger partial charge is 0.193 e. The van der Waals surface area contributed by atoms with Crippen LogP contribution >= 0.6 is 0 Å². The first kappa shape index (κ1) is 21.4. The number of hydrogen-bond donors (Lipinski definition) is 0. The van der Waals surface area contributed by atoms with Crippen LogP contribution in [0.15, 0.2) is 133 Å². The lowest BCUT2D eigenvalue weighted by Crippen LogP contribution is -2.09. The van der Waals surface area contributed by atoms with E-state index in [0.717, 1.165) is 22.5 Å². The first-order valence-corrected chi connectivity index (χ1v) is 11.4. The van der Waals surface area contributed by atoms with Crippen molar-refractivity contribution in [1.82, 2.24) is 0 Å². The topological polar surface area (TPSA) is 20.3 Å². The number of benzene rings is 5. The van der Waals surface area contributed by atoms with Gasteiger partial charge in [-0.15, -0.1) is 0 Å². The van der Waals surface area contributed by atoms with E-state index in [2.05, 4.69) is 65.6 Å². The van der Waals surface area contributed by atoms with Gasteiger partial charge in [0.1, 0.15) is 0 Å². The van der Waals surface area contributed by atoms with E-state index in [0.29, 0.717) is 11.1 Å². The minimum absolute atomic E-state index is 0.0287. The average Bonchev–Trinajstić information content (AvgIpc) is 2.93. The van der Waals surface area contributed by atoms with E-state index in [4.69, 9.17) is 0 Å². The SMILES string of the molecule is CN(c1ccc(C(=O)c2ccc(-c3ccccc3)cc2)cc1)c1ccc(-c2ccccc2)cc1. The molecule has 2 heteroatoms. The quantitative estimate of drug-likeness (QED) is 0.250. The molecule has 5 rings (SSSR count).